The third kappa shape index (κ3) is 8.19. The molecule has 7 N–H and O–H groups in total. The number of hydrogen-bond acceptors (Lipinski definition) is 5. The van der Waals surface area contributed by atoms with Gasteiger partial charge in [0.25, 0.3) is 0 Å². The van der Waals surface area contributed by atoms with Gasteiger partial charge in [-0.2, -0.15) is 0 Å². The monoisotopic (exact) mass is 377 g/mol. The lowest BCUT2D eigenvalue weighted by atomic mass is 10.0. The lowest BCUT2D eigenvalue weighted by Gasteiger charge is -2.23. The van der Waals surface area contributed by atoms with Gasteiger partial charge in [-0.25, -0.2) is 0 Å². The van der Waals surface area contributed by atoms with E-state index in [1.807, 2.05) is 30.3 Å². The second-order valence-electron chi connectivity index (χ2n) is 6.50. The van der Waals surface area contributed by atoms with Gasteiger partial charge >= 0.3 is 0 Å². The molecule has 150 valence electrons. The summed E-state index contributed by atoms with van der Waals surface area (Å²) in [5.74, 6) is -1.13. The van der Waals surface area contributed by atoms with E-state index in [0.29, 0.717) is 25.8 Å². The number of rotatable bonds is 11. The van der Waals surface area contributed by atoms with Crippen molar-refractivity contribution in [1.29, 1.82) is 0 Å². The van der Waals surface area contributed by atoms with Crippen molar-refractivity contribution in [2.24, 2.45) is 11.5 Å². The predicted molar refractivity (Wildman–Crippen MR) is 105 cm³/mol. The highest BCUT2D eigenvalue weighted by atomic mass is 16.2. The maximum absolute atomic E-state index is 12.8. The molecule has 3 unspecified atom stereocenters. The van der Waals surface area contributed by atoms with Gasteiger partial charge in [-0.1, -0.05) is 30.3 Å². The van der Waals surface area contributed by atoms with Crippen LogP contribution < -0.4 is 27.4 Å². The summed E-state index contributed by atoms with van der Waals surface area (Å²) in [4.78, 5) is 36.9. The molecule has 0 aliphatic heterocycles. The normalized spacial score (nSPS) is 13.9. The first-order valence-corrected chi connectivity index (χ1v) is 9.21. The number of unbranched alkanes of at least 4 members (excludes halogenated alkanes) is 1. The van der Waals surface area contributed by atoms with Crippen molar-refractivity contribution in [3.05, 3.63) is 35.9 Å². The Hall–Kier alpha value is -2.45. The second-order valence-corrected chi connectivity index (χ2v) is 6.50. The zero-order chi connectivity index (χ0) is 20.2. The van der Waals surface area contributed by atoms with Crippen LogP contribution in [0.1, 0.15) is 31.7 Å². The first-order chi connectivity index (χ1) is 12.9. The summed E-state index contributed by atoms with van der Waals surface area (Å²) in [5, 5.41) is 7.96. The van der Waals surface area contributed by atoms with Crippen LogP contribution in [0.2, 0.25) is 0 Å². The van der Waals surface area contributed by atoms with E-state index in [2.05, 4.69) is 16.0 Å². The van der Waals surface area contributed by atoms with Crippen molar-refractivity contribution in [3.8, 4) is 0 Å². The van der Waals surface area contributed by atoms with E-state index in [0.717, 1.165) is 12.0 Å². The van der Waals surface area contributed by atoms with Crippen LogP contribution in [0.5, 0.6) is 0 Å². The summed E-state index contributed by atoms with van der Waals surface area (Å²) >= 11 is 0. The van der Waals surface area contributed by atoms with E-state index in [1.165, 1.54) is 7.05 Å². The molecule has 0 saturated heterocycles. The standard InChI is InChI=1S/C19H31N5O3/c1-13(21)17(25)24-16(12-14-8-4-3-5-9-14)19(27)23-15(18(26)22-2)10-6-7-11-20/h3-5,8-9,13,15-16H,6-7,10-12,20-21H2,1-2H3,(H,22,26)(H,23,27)(H,24,25). The highest BCUT2D eigenvalue weighted by Gasteiger charge is 2.27. The molecule has 8 heteroatoms. The molecule has 0 aliphatic carbocycles. The van der Waals surface area contributed by atoms with E-state index in [4.69, 9.17) is 11.5 Å². The molecule has 1 rings (SSSR count). The van der Waals surface area contributed by atoms with Crippen molar-refractivity contribution in [2.45, 2.75) is 50.7 Å². The summed E-state index contributed by atoms with van der Waals surface area (Å²) < 4.78 is 0. The second kappa shape index (κ2) is 12.0. The molecule has 0 aliphatic rings. The highest BCUT2D eigenvalue weighted by molar-refractivity contribution is 5.93. The van der Waals surface area contributed by atoms with E-state index in [-0.39, 0.29) is 5.91 Å². The van der Waals surface area contributed by atoms with Crippen LogP contribution in [0, 0.1) is 0 Å². The molecule has 1 aromatic carbocycles. The van der Waals surface area contributed by atoms with Gasteiger partial charge in [0.15, 0.2) is 0 Å². The lowest BCUT2D eigenvalue weighted by molar-refractivity contribution is -0.132. The van der Waals surface area contributed by atoms with Crippen molar-refractivity contribution < 1.29 is 14.4 Å². The Morgan fingerprint density at radius 1 is 0.963 bits per heavy atom. The first kappa shape index (κ1) is 22.6. The minimum absolute atomic E-state index is 0.280. The molecular weight excluding hydrogens is 346 g/mol. The summed E-state index contributed by atoms with van der Waals surface area (Å²) in [6.45, 7) is 2.07. The van der Waals surface area contributed by atoms with E-state index >= 15 is 0 Å². The van der Waals surface area contributed by atoms with Gasteiger partial charge in [0.05, 0.1) is 6.04 Å². The van der Waals surface area contributed by atoms with Crippen molar-refractivity contribution in [3.63, 3.8) is 0 Å². The Morgan fingerprint density at radius 3 is 2.15 bits per heavy atom. The van der Waals surface area contributed by atoms with E-state index < -0.39 is 29.9 Å². The summed E-state index contributed by atoms with van der Waals surface area (Å²) in [6.07, 6.45) is 2.25. The Labute approximate surface area is 160 Å². The van der Waals surface area contributed by atoms with E-state index in [9.17, 15) is 14.4 Å². The molecule has 0 saturated carbocycles. The Morgan fingerprint density at radius 2 is 1.59 bits per heavy atom. The summed E-state index contributed by atoms with van der Waals surface area (Å²) in [6, 6.07) is 7.09. The van der Waals surface area contributed by atoms with Gasteiger partial charge < -0.3 is 27.4 Å². The third-order valence-corrected chi connectivity index (χ3v) is 4.16. The van der Waals surface area contributed by atoms with Gasteiger partial charge in [-0.15, -0.1) is 0 Å². The Balaban J connectivity index is 2.88. The van der Waals surface area contributed by atoms with Crippen LogP contribution in [0.25, 0.3) is 0 Å². The van der Waals surface area contributed by atoms with Crippen LogP contribution in [0.3, 0.4) is 0 Å². The summed E-state index contributed by atoms with van der Waals surface area (Å²) in [5.41, 5.74) is 12.0. The van der Waals surface area contributed by atoms with Gasteiger partial charge in [0.1, 0.15) is 12.1 Å². The number of nitrogens with one attached hydrogen (secondary N) is 3. The number of likely N-dealkylation sites (N-methyl/N-ethyl adjacent to an activating group) is 1. The zero-order valence-electron chi connectivity index (χ0n) is 16.0. The average Bonchev–Trinajstić information content (AvgIpc) is 2.66. The van der Waals surface area contributed by atoms with Gasteiger partial charge in [0, 0.05) is 13.5 Å². The number of nitrogens with two attached hydrogens (primary N) is 2. The average molecular weight is 377 g/mol. The molecule has 0 bridgehead atoms. The minimum Gasteiger partial charge on any atom is -0.357 e. The van der Waals surface area contributed by atoms with Gasteiger partial charge in [-0.3, -0.25) is 14.4 Å². The Bertz CT molecular complexity index is 607. The van der Waals surface area contributed by atoms with Crippen LogP contribution in [-0.4, -0.2) is 49.4 Å². The largest absolute Gasteiger partial charge is 0.357 e. The minimum atomic E-state index is -0.826. The van der Waals surface area contributed by atoms with Crippen molar-refractivity contribution in [1.82, 2.24) is 16.0 Å². The highest BCUT2D eigenvalue weighted by Crippen LogP contribution is 2.06. The number of hydrogen-bond donors (Lipinski definition) is 5. The first-order valence-electron chi connectivity index (χ1n) is 9.21. The number of amides is 3. The van der Waals surface area contributed by atoms with Crippen LogP contribution in [0.4, 0.5) is 0 Å². The van der Waals surface area contributed by atoms with Crippen molar-refractivity contribution in [2.75, 3.05) is 13.6 Å². The molecule has 0 heterocycles. The molecule has 3 atom stereocenters. The molecular formula is C19H31N5O3. The molecule has 1 aromatic rings. The number of carbonyl (C=O) groups excluding carboxylic acids is 3. The van der Waals surface area contributed by atoms with Gasteiger partial charge in [0.2, 0.25) is 17.7 Å². The maximum Gasteiger partial charge on any atom is 0.243 e. The van der Waals surface area contributed by atoms with E-state index in [1.54, 1.807) is 6.92 Å². The lowest BCUT2D eigenvalue weighted by Crippen LogP contribution is -2.55. The smallest absolute Gasteiger partial charge is 0.243 e. The fourth-order valence-electron chi connectivity index (χ4n) is 2.57. The number of carbonyl (C=O) groups is 3. The molecule has 0 aromatic heterocycles. The zero-order valence-corrected chi connectivity index (χ0v) is 16.0. The van der Waals surface area contributed by atoms with Gasteiger partial charge in [-0.05, 0) is 38.3 Å². The van der Waals surface area contributed by atoms with Crippen LogP contribution >= 0.6 is 0 Å². The molecule has 8 nitrogen and oxygen atoms in total. The van der Waals surface area contributed by atoms with Crippen LogP contribution in [0.15, 0.2) is 30.3 Å². The SMILES string of the molecule is CNC(=O)C(CCCCN)NC(=O)C(Cc1ccccc1)NC(=O)C(C)N. The summed E-state index contributed by atoms with van der Waals surface area (Å²) in [7, 11) is 1.52. The topological polar surface area (TPSA) is 139 Å². The number of benzene rings is 1. The van der Waals surface area contributed by atoms with Crippen molar-refractivity contribution >= 4 is 17.7 Å². The predicted octanol–water partition coefficient (Wildman–Crippen LogP) is -0.579. The maximum atomic E-state index is 12.8. The molecule has 3 amide bonds. The third-order valence-electron chi connectivity index (χ3n) is 4.16. The molecule has 27 heavy (non-hydrogen) atoms. The fraction of sp³-hybridized carbons (Fsp3) is 0.526. The van der Waals surface area contributed by atoms with Crippen LogP contribution in [-0.2, 0) is 20.8 Å². The molecule has 0 fully saturated rings. The quantitative estimate of drug-likeness (QED) is 0.328. The fourth-order valence-corrected chi connectivity index (χ4v) is 2.57. The molecule has 0 spiro atoms. The Kier molecular flexibility index (Phi) is 10.1. The molecule has 0 radical (unpaired) electrons.